The van der Waals surface area contributed by atoms with E-state index in [1.165, 1.54) is 11.8 Å². The number of benzene rings is 1. The van der Waals surface area contributed by atoms with Gasteiger partial charge in [-0.25, -0.2) is 0 Å². The molecule has 0 aliphatic carbocycles. The first-order chi connectivity index (χ1) is 18.4. The number of pyridine rings is 1. The monoisotopic (exact) mass is 550 g/mol. The molecule has 0 N–H and O–H groups in total. The number of hydrogen-bond acceptors (Lipinski definition) is 8. The van der Waals surface area contributed by atoms with E-state index in [2.05, 4.69) is 11.0 Å². The van der Waals surface area contributed by atoms with Crippen molar-refractivity contribution in [1.82, 2.24) is 9.47 Å². The fourth-order valence-electron chi connectivity index (χ4n) is 5.19. The van der Waals surface area contributed by atoms with Gasteiger partial charge in [0.05, 0.1) is 11.4 Å². The zero-order valence-electron chi connectivity index (χ0n) is 21.6. The van der Waals surface area contributed by atoms with E-state index in [4.69, 9.17) is 21.7 Å². The van der Waals surface area contributed by atoms with Crippen molar-refractivity contribution in [3.63, 3.8) is 0 Å². The van der Waals surface area contributed by atoms with Crippen LogP contribution in [0.3, 0.4) is 0 Å². The fraction of sp³-hybridized carbons (Fsp3) is 0.429. The van der Waals surface area contributed by atoms with E-state index in [-0.39, 0.29) is 23.8 Å². The van der Waals surface area contributed by atoms with E-state index in [9.17, 15) is 14.9 Å². The molecule has 2 saturated heterocycles. The number of carbonyl (C=O) groups is 1. The van der Waals surface area contributed by atoms with Gasteiger partial charge in [0, 0.05) is 25.2 Å². The van der Waals surface area contributed by atoms with E-state index in [1.54, 1.807) is 16.4 Å². The standard InChI is InChI=1S/C28H30N4O4S2/c1-3-10-31-25(30-11-6-4-5-7-12-30)20(18(2)21(15-29)26(31)33)14-24-27(34)32(28(37)38-24)16-19-8-9-22-23(13-19)36-17-35-22/h8-9,13-14H,3-7,10-12,16-17H2,1-2H3/b24-14+. The van der Waals surface area contributed by atoms with E-state index in [1.807, 2.05) is 31.2 Å². The first kappa shape index (κ1) is 26.3. The van der Waals surface area contributed by atoms with Crippen LogP contribution in [0.2, 0.25) is 0 Å². The molecule has 1 aromatic carbocycles. The highest BCUT2D eigenvalue weighted by Gasteiger charge is 2.34. The minimum atomic E-state index is -0.265. The van der Waals surface area contributed by atoms with Gasteiger partial charge in [0.1, 0.15) is 21.8 Å². The molecule has 1 amide bonds. The summed E-state index contributed by atoms with van der Waals surface area (Å²) < 4.78 is 13.1. The maximum absolute atomic E-state index is 13.6. The third kappa shape index (κ3) is 4.93. The maximum Gasteiger partial charge on any atom is 0.270 e. The lowest BCUT2D eigenvalue weighted by Gasteiger charge is -2.29. The van der Waals surface area contributed by atoms with Crippen molar-refractivity contribution in [3.05, 3.63) is 55.7 Å². The van der Waals surface area contributed by atoms with Crippen LogP contribution in [0.5, 0.6) is 11.5 Å². The van der Waals surface area contributed by atoms with Crippen molar-refractivity contribution in [2.24, 2.45) is 0 Å². The Bertz CT molecular complexity index is 1420. The Morgan fingerprint density at radius 3 is 2.58 bits per heavy atom. The molecule has 0 saturated carbocycles. The average Bonchev–Trinajstić information content (AvgIpc) is 3.35. The number of carbonyl (C=O) groups excluding carboxylic acids is 1. The van der Waals surface area contributed by atoms with Crippen LogP contribution in [0, 0.1) is 18.3 Å². The highest BCUT2D eigenvalue weighted by Crippen LogP contribution is 2.38. The average molecular weight is 551 g/mol. The normalized spacial score (nSPS) is 18.3. The Labute approximate surface area is 231 Å². The maximum atomic E-state index is 13.6. The Morgan fingerprint density at radius 2 is 1.87 bits per heavy atom. The van der Waals surface area contributed by atoms with Crippen molar-refractivity contribution >= 4 is 46.1 Å². The van der Waals surface area contributed by atoms with Crippen LogP contribution in [0.15, 0.2) is 27.9 Å². The molecule has 0 unspecified atom stereocenters. The zero-order valence-corrected chi connectivity index (χ0v) is 23.3. The number of ether oxygens (including phenoxy) is 2. The third-order valence-electron chi connectivity index (χ3n) is 7.13. The van der Waals surface area contributed by atoms with Gasteiger partial charge in [0.25, 0.3) is 11.5 Å². The van der Waals surface area contributed by atoms with Crippen LogP contribution < -0.4 is 19.9 Å². The van der Waals surface area contributed by atoms with Gasteiger partial charge in [0.15, 0.2) is 11.5 Å². The molecule has 8 nitrogen and oxygen atoms in total. The molecule has 0 atom stereocenters. The van der Waals surface area contributed by atoms with E-state index in [0.717, 1.165) is 62.1 Å². The summed E-state index contributed by atoms with van der Waals surface area (Å²) in [5.41, 5.74) is 2.10. The van der Waals surface area contributed by atoms with Crippen molar-refractivity contribution in [2.45, 2.75) is 59.0 Å². The molecule has 0 bridgehead atoms. The summed E-state index contributed by atoms with van der Waals surface area (Å²) in [7, 11) is 0. The molecule has 10 heteroatoms. The first-order valence-electron chi connectivity index (χ1n) is 13.0. The minimum absolute atomic E-state index is 0.124. The largest absolute Gasteiger partial charge is 0.454 e. The van der Waals surface area contributed by atoms with Crippen molar-refractivity contribution < 1.29 is 14.3 Å². The second kappa shape index (κ2) is 11.2. The third-order valence-corrected chi connectivity index (χ3v) is 8.50. The van der Waals surface area contributed by atoms with Gasteiger partial charge >= 0.3 is 0 Å². The lowest BCUT2D eigenvalue weighted by molar-refractivity contribution is -0.122. The van der Waals surface area contributed by atoms with Crippen molar-refractivity contribution in [3.8, 4) is 17.6 Å². The molecular formula is C28H30N4O4S2. The molecular weight excluding hydrogens is 520 g/mol. The van der Waals surface area contributed by atoms with E-state index in [0.29, 0.717) is 39.4 Å². The number of nitriles is 1. The summed E-state index contributed by atoms with van der Waals surface area (Å²) in [6, 6.07) is 7.72. The Kier molecular flexibility index (Phi) is 7.77. The summed E-state index contributed by atoms with van der Waals surface area (Å²) in [6.45, 7) is 6.50. The van der Waals surface area contributed by atoms with E-state index < -0.39 is 0 Å². The van der Waals surface area contributed by atoms with Gasteiger partial charge in [-0.2, -0.15) is 5.26 Å². The Balaban J connectivity index is 1.55. The zero-order chi connectivity index (χ0) is 26.8. The van der Waals surface area contributed by atoms with Gasteiger partial charge in [-0.05, 0) is 55.5 Å². The lowest BCUT2D eigenvalue weighted by Crippen LogP contribution is -2.35. The Hall–Kier alpha value is -3.29. The van der Waals surface area contributed by atoms with Crippen LogP contribution in [-0.2, 0) is 17.9 Å². The molecule has 2 aromatic rings. The lowest BCUT2D eigenvalue weighted by atomic mass is 10.0. The van der Waals surface area contributed by atoms with Gasteiger partial charge in [-0.3, -0.25) is 19.1 Å². The second-order valence-corrected chi connectivity index (χ2v) is 11.3. The number of fused-ring (bicyclic) bond motifs is 1. The van der Waals surface area contributed by atoms with Gasteiger partial charge in [-0.15, -0.1) is 0 Å². The van der Waals surface area contributed by atoms with Crippen molar-refractivity contribution in [1.29, 1.82) is 5.26 Å². The van der Waals surface area contributed by atoms with Crippen LogP contribution in [0.25, 0.3) is 6.08 Å². The number of nitrogens with zero attached hydrogens (tertiary/aromatic N) is 4. The topological polar surface area (TPSA) is 87.8 Å². The van der Waals surface area contributed by atoms with Crippen LogP contribution in [0.4, 0.5) is 5.82 Å². The summed E-state index contributed by atoms with van der Waals surface area (Å²) in [6.07, 6.45) is 6.97. The number of rotatable bonds is 6. The highest BCUT2D eigenvalue weighted by molar-refractivity contribution is 8.26. The molecule has 3 aliphatic rings. The first-order valence-corrected chi connectivity index (χ1v) is 14.2. The van der Waals surface area contributed by atoms with Gasteiger partial charge in [0.2, 0.25) is 6.79 Å². The molecule has 0 radical (unpaired) electrons. The smallest absolute Gasteiger partial charge is 0.270 e. The van der Waals surface area contributed by atoms with Gasteiger partial charge < -0.3 is 14.4 Å². The number of anilines is 1. The van der Waals surface area contributed by atoms with Crippen molar-refractivity contribution in [2.75, 3.05) is 24.8 Å². The molecule has 3 aliphatic heterocycles. The minimum Gasteiger partial charge on any atom is -0.454 e. The molecule has 1 aromatic heterocycles. The SMILES string of the molecule is CCCn1c(N2CCCCCC2)c(/C=C2/SC(=S)N(Cc3ccc4c(c3)OCO4)C2=O)c(C)c(C#N)c1=O. The molecule has 5 rings (SSSR count). The summed E-state index contributed by atoms with van der Waals surface area (Å²) >= 11 is 6.86. The number of aromatic nitrogens is 1. The van der Waals surface area contributed by atoms with Crippen LogP contribution in [-0.4, -0.2) is 39.6 Å². The van der Waals surface area contributed by atoms with Gasteiger partial charge in [-0.1, -0.05) is 49.8 Å². The summed E-state index contributed by atoms with van der Waals surface area (Å²) in [5.74, 6) is 1.95. The molecule has 198 valence electrons. The highest BCUT2D eigenvalue weighted by atomic mass is 32.2. The summed E-state index contributed by atoms with van der Waals surface area (Å²) in [4.78, 5) is 31.3. The number of thioether (sulfide) groups is 1. The fourth-order valence-corrected chi connectivity index (χ4v) is 6.42. The quantitative estimate of drug-likeness (QED) is 0.369. The predicted octanol–water partition coefficient (Wildman–Crippen LogP) is 4.95. The summed E-state index contributed by atoms with van der Waals surface area (Å²) in [5, 5.41) is 9.87. The van der Waals surface area contributed by atoms with Crippen LogP contribution in [0.1, 0.15) is 61.3 Å². The Morgan fingerprint density at radius 1 is 1.13 bits per heavy atom. The molecule has 0 spiro atoms. The number of hydrogen-bond donors (Lipinski definition) is 0. The molecule has 38 heavy (non-hydrogen) atoms. The number of thiocarbonyl (C=S) groups is 1. The molecule has 2 fully saturated rings. The van der Waals surface area contributed by atoms with Crippen LogP contribution >= 0.6 is 24.0 Å². The second-order valence-electron chi connectivity index (χ2n) is 9.66. The van der Waals surface area contributed by atoms with E-state index >= 15 is 0 Å². The molecule has 4 heterocycles. The predicted molar refractivity (Wildman–Crippen MR) is 152 cm³/mol. The number of amides is 1.